The molecular formula is C26H30N6O2. The van der Waals surface area contributed by atoms with Gasteiger partial charge in [0, 0.05) is 31.4 Å². The first-order valence-corrected chi connectivity index (χ1v) is 11.9. The summed E-state index contributed by atoms with van der Waals surface area (Å²) in [6, 6.07) is 10.1. The van der Waals surface area contributed by atoms with E-state index in [1.807, 2.05) is 17.9 Å². The molecule has 0 saturated carbocycles. The minimum atomic E-state index is -0.143. The number of carbonyl (C=O) groups excluding carboxylic acids is 2. The Morgan fingerprint density at radius 1 is 1.15 bits per heavy atom. The summed E-state index contributed by atoms with van der Waals surface area (Å²) in [7, 11) is 0. The van der Waals surface area contributed by atoms with Gasteiger partial charge in [0.25, 0.3) is 5.91 Å². The highest BCUT2D eigenvalue weighted by Gasteiger charge is 2.27. The summed E-state index contributed by atoms with van der Waals surface area (Å²) < 4.78 is 1.77. The number of carbonyl (C=O) groups is 2. The number of anilines is 1. The third-order valence-electron chi connectivity index (χ3n) is 6.92. The molecule has 1 aromatic carbocycles. The highest BCUT2D eigenvalue weighted by Crippen LogP contribution is 2.33. The third kappa shape index (κ3) is 4.53. The van der Waals surface area contributed by atoms with Crippen LogP contribution in [-0.4, -0.2) is 38.0 Å². The van der Waals surface area contributed by atoms with Crippen molar-refractivity contribution in [2.24, 2.45) is 5.92 Å². The number of fused-ring (bicyclic) bond motifs is 1. The Kier molecular flexibility index (Phi) is 6.04. The molecular weight excluding hydrogens is 428 g/mol. The van der Waals surface area contributed by atoms with Crippen LogP contribution in [0, 0.1) is 5.92 Å². The highest BCUT2D eigenvalue weighted by molar-refractivity contribution is 5.94. The molecule has 176 valence electrons. The molecule has 1 unspecified atom stereocenters. The van der Waals surface area contributed by atoms with Crippen molar-refractivity contribution >= 4 is 17.6 Å². The summed E-state index contributed by atoms with van der Waals surface area (Å²) in [5.41, 5.74) is 10.8. The molecule has 1 aliphatic carbocycles. The maximum absolute atomic E-state index is 12.8. The zero-order valence-corrected chi connectivity index (χ0v) is 19.4. The molecule has 1 saturated heterocycles. The SMILES string of the molecule is C[C@H]1CCCN(Cc2ccc(Cn3cc(C(=O)NC4CCc5c4ccnc5N)cn3)cc2)C1=O. The van der Waals surface area contributed by atoms with E-state index < -0.39 is 0 Å². The number of benzene rings is 1. The van der Waals surface area contributed by atoms with Gasteiger partial charge in [-0.05, 0) is 54.0 Å². The summed E-state index contributed by atoms with van der Waals surface area (Å²) in [4.78, 5) is 31.2. The number of nitrogen functional groups attached to an aromatic ring is 1. The van der Waals surface area contributed by atoms with Crippen molar-refractivity contribution in [3.8, 4) is 0 Å². The van der Waals surface area contributed by atoms with Crippen LogP contribution in [-0.2, 0) is 24.3 Å². The van der Waals surface area contributed by atoms with E-state index in [4.69, 9.17) is 5.73 Å². The number of rotatable bonds is 6. The topological polar surface area (TPSA) is 106 Å². The van der Waals surface area contributed by atoms with Crippen LogP contribution < -0.4 is 11.1 Å². The molecule has 2 atom stereocenters. The van der Waals surface area contributed by atoms with E-state index in [1.54, 1.807) is 23.3 Å². The van der Waals surface area contributed by atoms with Crippen LogP contribution >= 0.6 is 0 Å². The van der Waals surface area contributed by atoms with E-state index in [0.29, 0.717) is 24.5 Å². The lowest BCUT2D eigenvalue weighted by molar-refractivity contribution is -0.138. The van der Waals surface area contributed by atoms with Gasteiger partial charge in [-0.25, -0.2) is 4.98 Å². The van der Waals surface area contributed by atoms with Gasteiger partial charge >= 0.3 is 0 Å². The molecule has 0 radical (unpaired) electrons. The van der Waals surface area contributed by atoms with Gasteiger partial charge in [0.15, 0.2) is 0 Å². The predicted octanol–water partition coefficient (Wildman–Crippen LogP) is 3.08. The van der Waals surface area contributed by atoms with Crippen LogP contribution in [0.4, 0.5) is 5.82 Å². The number of pyridine rings is 1. The van der Waals surface area contributed by atoms with E-state index in [0.717, 1.165) is 54.5 Å². The average Bonchev–Trinajstić information content (AvgIpc) is 3.46. The average molecular weight is 459 g/mol. The molecule has 0 bridgehead atoms. The van der Waals surface area contributed by atoms with Crippen LogP contribution in [0.5, 0.6) is 0 Å². The number of nitrogens with two attached hydrogens (primary N) is 1. The van der Waals surface area contributed by atoms with Crippen molar-refractivity contribution in [2.45, 2.75) is 51.7 Å². The molecule has 0 spiro atoms. The van der Waals surface area contributed by atoms with Gasteiger partial charge in [0.1, 0.15) is 5.82 Å². The molecule has 8 nitrogen and oxygen atoms in total. The van der Waals surface area contributed by atoms with Crippen LogP contribution in [0.25, 0.3) is 0 Å². The van der Waals surface area contributed by atoms with E-state index in [-0.39, 0.29) is 23.8 Å². The maximum Gasteiger partial charge on any atom is 0.254 e. The molecule has 3 heterocycles. The Labute approximate surface area is 199 Å². The number of hydrogen-bond acceptors (Lipinski definition) is 5. The minimum absolute atomic E-state index is 0.0570. The predicted molar refractivity (Wildman–Crippen MR) is 129 cm³/mol. The number of nitrogens with one attached hydrogen (secondary N) is 1. The van der Waals surface area contributed by atoms with Crippen LogP contribution in [0.3, 0.4) is 0 Å². The molecule has 2 aliphatic rings. The lowest BCUT2D eigenvalue weighted by Crippen LogP contribution is -2.39. The van der Waals surface area contributed by atoms with Crippen molar-refractivity contribution < 1.29 is 9.59 Å². The number of piperidine rings is 1. The number of amides is 2. The molecule has 2 aromatic heterocycles. The fraction of sp³-hybridized carbons (Fsp3) is 0.385. The maximum atomic E-state index is 12.8. The number of likely N-dealkylation sites (tertiary alicyclic amines) is 1. The Morgan fingerprint density at radius 2 is 1.91 bits per heavy atom. The molecule has 3 N–H and O–H groups in total. The van der Waals surface area contributed by atoms with Gasteiger partial charge in [0.2, 0.25) is 5.91 Å². The van der Waals surface area contributed by atoms with E-state index >= 15 is 0 Å². The zero-order valence-electron chi connectivity index (χ0n) is 19.4. The van der Waals surface area contributed by atoms with Crippen LogP contribution in [0.15, 0.2) is 48.9 Å². The summed E-state index contributed by atoms with van der Waals surface area (Å²) >= 11 is 0. The van der Waals surface area contributed by atoms with E-state index in [2.05, 4.69) is 39.7 Å². The third-order valence-corrected chi connectivity index (χ3v) is 6.92. The van der Waals surface area contributed by atoms with Crippen LogP contribution in [0.1, 0.15) is 64.8 Å². The van der Waals surface area contributed by atoms with Crippen LogP contribution in [0.2, 0.25) is 0 Å². The Bertz CT molecular complexity index is 1200. The Morgan fingerprint density at radius 3 is 2.71 bits per heavy atom. The molecule has 34 heavy (non-hydrogen) atoms. The van der Waals surface area contributed by atoms with Gasteiger partial charge < -0.3 is 16.0 Å². The van der Waals surface area contributed by atoms with E-state index in [1.165, 1.54) is 0 Å². The smallest absolute Gasteiger partial charge is 0.254 e. The van der Waals surface area contributed by atoms with Crippen molar-refractivity contribution in [1.29, 1.82) is 0 Å². The second kappa shape index (κ2) is 9.29. The van der Waals surface area contributed by atoms with Gasteiger partial charge in [0.05, 0.1) is 24.3 Å². The Balaban J connectivity index is 1.18. The Hall–Kier alpha value is -3.68. The number of aromatic nitrogens is 3. The van der Waals surface area contributed by atoms with Gasteiger partial charge in [-0.15, -0.1) is 0 Å². The molecule has 1 fully saturated rings. The molecule has 3 aromatic rings. The monoisotopic (exact) mass is 458 g/mol. The quantitative estimate of drug-likeness (QED) is 0.590. The number of hydrogen-bond donors (Lipinski definition) is 2. The largest absolute Gasteiger partial charge is 0.383 e. The fourth-order valence-electron chi connectivity index (χ4n) is 4.97. The molecule has 2 amide bonds. The van der Waals surface area contributed by atoms with Crippen molar-refractivity contribution in [3.05, 3.63) is 76.7 Å². The number of nitrogens with zero attached hydrogens (tertiary/aromatic N) is 4. The lowest BCUT2D eigenvalue weighted by atomic mass is 9.98. The first-order chi connectivity index (χ1) is 16.5. The van der Waals surface area contributed by atoms with Gasteiger partial charge in [-0.1, -0.05) is 31.2 Å². The van der Waals surface area contributed by atoms with E-state index in [9.17, 15) is 9.59 Å². The minimum Gasteiger partial charge on any atom is -0.383 e. The summed E-state index contributed by atoms with van der Waals surface area (Å²) in [6.45, 7) is 4.07. The zero-order chi connectivity index (χ0) is 23.7. The molecule has 8 heteroatoms. The van der Waals surface area contributed by atoms with Gasteiger partial charge in [-0.2, -0.15) is 5.10 Å². The lowest BCUT2D eigenvalue weighted by Gasteiger charge is -2.30. The van der Waals surface area contributed by atoms with Gasteiger partial charge in [-0.3, -0.25) is 14.3 Å². The molecule has 1 aliphatic heterocycles. The van der Waals surface area contributed by atoms with Crippen molar-refractivity contribution in [1.82, 2.24) is 25.0 Å². The first kappa shape index (κ1) is 22.1. The standard InChI is InChI=1S/C26H30N6O2/c1-17-3-2-12-31(26(17)34)14-18-4-6-19(7-5-18)15-32-16-20(13-29-32)25(33)30-23-9-8-22-21(23)10-11-28-24(22)27/h4-7,10-11,13,16-17,23H,2-3,8-9,12,14-15H2,1H3,(H2,27,28)(H,30,33)/t17-,23?/m0/s1. The fourth-order valence-corrected chi connectivity index (χ4v) is 4.97. The van der Waals surface area contributed by atoms with Crippen molar-refractivity contribution in [3.63, 3.8) is 0 Å². The molecule has 5 rings (SSSR count). The normalized spacial score (nSPS) is 19.8. The van der Waals surface area contributed by atoms with Crippen molar-refractivity contribution in [2.75, 3.05) is 12.3 Å². The second-order valence-corrected chi connectivity index (χ2v) is 9.37. The second-order valence-electron chi connectivity index (χ2n) is 9.37. The summed E-state index contributed by atoms with van der Waals surface area (Å²) in [5.74, 6) is 0.775. The first-order valence-electron chi connectivity index (χ1n) is 11.9. The highest BCUT2D eigenvalue weighted by atomic mass is 16.2. The summed E-state index contributed by atoms with van der Waals surface area (Å²) in [6.07, 6.45) is 8.75. The summed E-state index contributed by atoms with van der Waals surface area (Å²) in [5, 5.41) is 7.47.